The van der Waals surface area contributed by atoms with Gasteiger partial charge in [-0.2, -0.15) is 0 Å². The fraction of sp³-hybridized carbons (Fsp3) is 0.400. The Hall–Kier alpha value is -0.280. The molecule has 9 heavy (non-hydrogen) atoms. The number of aryl methyl sites for hydroxylation is 1. The molecule has 0 spiro atoms. The molecule has 0 saturated heterocycles. The van der Waals surface area contributed by atoms with E-state index in [9.17, 15) is 0 Å². The van der Waals surface area contributed by atoms with Crippen LogP contribution in [0.2, 0.25) is 5.02 Å². The van der Waals surface area contributed by atoms with E-state index in [1.165, 1.54) is 0 Å². The van der Waals surface area contributed by atoms with Crippen molar-refractivity contribution in [3.05, 3.63) is 15.9 Å². The summed E-state index contributed by atoms with van der Waals surface area (Å²) in [6.45, 7) is 2.89. The number of rotatable bonds is 1. The average Bonchev–Trinajstić information content (AvgIpc) is 2.13. The number of aromatic amines is 1. The smallest absolute Gasteiger partial charge is 0.138 e. The Bertz CT molecular complexity index is 250. The number of nitrogens with zero attached hydrogens (tertiary/aromatic N) is 1. The molecule has 1 aromatic heterocycles. The largest absolute Gasteiger partial charge is 0.293 e. The lowest BCUT2D eigenvalue weighted by atomic mass is 10.7. The van der Waals surface area contributed by atoms with E-state index < -0.39 is 0 Å². The van der Waals surface area contributed by atoms with E-state index in [4.69, 9.17) is 23.8 Å². The van der Waals surface area contributed by atoms with Gasteiger partial charge in [0, 0.05) is 12.7 Å². The summed E-state index contributed by atoms with van der Waals surface area (Å²) in [7, 11) is 0. The summed E-state index contributed by atoms with van der Waals surface area (Å²) in [5.74, 6) is 0. The Morgan fingerprint density at radius 3 is 2.78 bits per heavy atom. The summed E-state index contributed by atoms with van der Waals surface area (Å²) in [5, 5.41) is 3.51. The Morgan fingerprint density at radius 2 is 2.56 bits per heavy atom. The van der Waals surface area contributed by atoms with Gasteiger partial charge in [-0.25, -0.2) is 0 Å². The molecule has 0 radical (unpaired) electrons. The topological polar surface area (TPSA) is 20.7 Å². The summed E-state index contributed by atoms with van der Waals surface area (Å²) >= 11 is 10.5. The van der Waals surface area contributed by atoms with Gasteiger partial charge in [-0.15, -0.1) is 0 Å². The van der Waals surface area contributed by atoms with Gasteiger partial charge in [0.05, 0.1) is 5.02 Å². The molecular formula is C5H7ClN2S. The predicted molar refractivity (Wildman–Crippen MR) is 40.3 cm³/mol. The quantitative estimate of drug-likeness (QED) is 0.628. The molecule has 2 nitrogen and oxygen atoms in total. The van der Waals surface area contributed by atoms with Crippen LogP contribution in [-0.4, -0.2) is 9.78 Å². The molecular weight excluding hydrogens is 156 g/mol. The minimum Gasteiger partial charge on any atom is -0.293 e. The van der Waals surface area contributed by atoms with Gasteiger partial charge in [-0.1, -0.05) is 23.8 Å². The standard InChI is InChI=1S/C5H7ClN2S/c1-2-8-3-4(6)5(9)7-8/h3H,2H2,1H3,(H,7,9). The summed E-state index contributed by atoms with van der Waals surface area (Å²) in [5.41, 5.74) is 0. The molecule has 1 heterocycles. The van der Waals surface area contributed by atoms with Crippen molar-refractivity contribution in [2.45, 2.75) is 13.5 Å². The van der Waals surface area contributed by atoms with Crippen molar-refractivity contribution in [1.82, 2.24) is 9.78 Å². The first-order valence-corrected chi connectivity index (χ1v) is 3.47. The molecule has 0 saturated carbocycles. The molecule has 1 aromatic rings. The minimum absolute atomic E-state index is 0.610. The lowest BCUT2D eigenvalue weighted by Crippen LogP contribution is -1.92. The van der Waals surface area contributed by atoms with Crippen LogP contribution in [0.25, 0.3) is 0 Å². The molecule has 0 aliphatic rings. The molecule has 0 bridgehead atoms. The molecule has 50 valence electrons. The van der Waals surface area contributed by atoms with Crippen LogP contribution in [0, 0.1) is 4.64 Å². The molecule has 0 aromatic carbocycles. The third-order valence-electron chi connectivity index (χ3n) is 1.07. The SMILES string of the molecule is CCn1cc(Cl)c(=S)[nH]1. The lowest BCUT2D eigenvalue weighted by Gasteiger charge is -1.90. The Kier molecular flexibility index (Phi) is 1.93. The zero-order chi connectivity index (χ0) is 6.85. The molecule has 0 amide bonds. The highest BCUT2D eigenvalue weighted by Gasteiger charge is 1.92. The number of H-pyrrole nitrogens is 1. The highest BCUT2D eigenvalue weighted by atomic mass is 35.5. The molecule has 0 aliphatic heterocycles. The van der Waals surface area contributed by atoms with Gasteiger partial charge < -0.3 is 0 Å². The van der Waals surface area contributed by atoms with E-state index in [0.29, 0.717) is 9.66 Å². The first-order valence-electron chi connectivity index (χ1n) is 2.69. The highest BCUT2D eigenvalue weighted by molar-refractivity contribution is 7.71. The maximum Gasteiger partial charge on any atom is 0.138 e. The van der Waals surface area contributed by atoms with E-state index in [1.54, 1.807) is 6.20 Å². The third kappa shape index (κ3) is 1.34. The Morgan fingerprint density at radius 1 is 1.89 bits per heavy atom. The average molecular weight is 163 g/mol. The van der Waals surface area contributed by atoms with Gasteiger partial charge in [-0.05, 0) is 6.92 Å². The second kappa shape index (κ2) is 2.54. The summed E-state index contributed by atoms with van der Waals surface area (Å²) in [4.78, 5) is 0. The van der Waals surface area contributed by atoms with Crippen molar-refractivity contribution in [1.29, 1.82) is 0 Å². The third-order valence-corrected chi connectivity index (χ3v) is 1.78. The van der Waals surface area contributed by atoms with E-state index in [2.05, 4.69) is 5.10 Å². The fourth-order valence-corrected chi connectivity index (χ4v) is 0.912. The monoisotopic (exact) mass is 162 g/mol. The van der Waals surface area contributed by atoms with Crippen LogP contribution in [0.5, 0.6) is 0 Å². The van der Waals surface area contributed by atoms with Crippen LogP contribution in [-0.2, 0) is 6.54 Å². The molecule has 0 atom stereocenters. The van der Waals surface area contributed by atoms with Gasteiger partial charge in [0.1, 0.15) is 4.64 Å². The molecule has 0 fully saturated rings. The first-order chi connectivity index (χ1) is 4.24. The number of hydrogen-bond donors (Lipinski definition) is 1. The number of hydrogen-bond acceptors (Lipinski definition) is 1. The van der Waals surface area contributed by atoms with Crippen LogP contribution < -0.4 is 0 Å². The lowest BCUT2D eigenvalue weighted by molar-refractivity contribution is 0.657. The van der Waals surface area contributed by atoms with Crippen molar-refractivity contribution in [2.75, 3.05) is 0 Å². The first kappa shape index (κ1) is 6.83. The zero-order valence-electron chi connectivity index (χ0n) is 5.02. The number of nitrogens with one attached hydrogen (secondary N) is 1. The van der Waals surface area contributed by atoms with Crippen molar-refractivity contribution in [2.24, 2.45) is 0 Å². The zero-order valence-corrected chi connectivity index (χ0v) is 6.59. The van der Waals surface area contributed by atoms with Crippen LogP contribution in [0.3, 0.4) is 0 Å². The van der Waals surface area contributed by atoms with E-state index in [0.717, 1.165) is 6.54 Å². The number of halogens is 1. The summed E-state index contributed by atoms with van der Waals surface area (Å²) in [6, 6.07) is 0. The van der Waals surface area contributed by atoms with Gasteiger partial charge in [0.15, 0.2) is 0 Å². The second-order valence-electron chi connectivity index (χ2n) is 1.70. The van der Waals surface area contributed by atoms with Crippen molar-refractivity contribution >= 4 is 23.8 Å². The van der Waals surface area contributed by atoms with E-state index in [1.807, 2.05) is 11.6 Å². The molecule has 0 unspecified atom stereocenters. The Balaban J connectivity index is 3.13. The van der Waals surface area contributed by atoms with Gasteiger partial charge in [-0.3, -0.25) is 9.78 Å². The van der Waals surface area contributed by atoms with E-state index >= 15 is 0 Å². The van der Waals surface area contributed by atoms with Crippen LogP contribution in [0.1, 0.15) is 6.92 Å². The predicted octanol–water partition coefficient (Wildman–Crippen LogP) is 2.22. The number of aromatic nitrogens is 2. The summed E-state index contributed by atoms with van der Waals surface area (Å²) < 4.78 is 2.45. The van der Waals surface area contributed by atoms with Crippen LogP contribution in [0.15, 0.2) is 6.20 Å². The maximum atomic E-state index is 5.65. The van der Waals surface area contributed by atoms with E-state index in [-0.39, 0.29) is 0 Å². The van der Waals surface area contributed by atoms with Crippen LogP contribution in [0.4, 0.5) is 0 Å². The molecule has 4 heteroatoms. The van der Waals surface area contributed by atoms with Crippen molar-refractivity contribution in [3.8, 4) is 0 Å². The highest BCUT2D eigenvalue weighted by Crippen LogP contribution is 2.07. The molecule has 1 N–H and O–H groups in total. The van der Waals surface area contributed by atoms with Gasteiger partial charge in [0.2, 0.25) is 0 Å². The van der Waals surface area contributed by atoms with Crippen molar-refractivity contribution in [3.63, 3.8) is 0 Å². The fourth-order valence-electron chi connectivity index (χ4n) is 0.582. The molecule has 1 rings (SSSR count). The Labute approximate surface area is 63.4 Å². The minimum atomic E-state index is 0.610. The van der Waals surface area contributed by atoms with Gasteiger partial charge >= 0.3 is 0 Å². The summed E-state index contributed by atoms with van der Waals surface area (Å²) in [6.07, 6.45) is 1.78. The second-order valence-corrected chi connectivity index (χ2v) is 2.52. The normalized spacial score (nSPS) is 10.0. The van der Waals surface area contributed by atoms with Crippen molar-refractivity contribution < 1.29 is 0 Å². The molecule has 0 aliphatic carbocycles. The van der Waals surface area contributed by atoms with Gasteiger partial charge in [0.25, 0.3) is 0 Å². The maximum absolute atomic E-state index is 5.65. The van der Waals surface area contributed by atoms with Crippen LogP contribution >= 0.6 is 23.8 Å².